The van der Waals surface area contributed by atoms with Gasteiger partial charge in [-0.05, 0) is 96.7 Å². The first kappa shape index (κ1) is 26.4. The van der Waals surface area contributed by atoms with E-state index in [0.29, 0.717) is 41.1 Å². The molecule has 6 fully saturated rings. The van der Waals surface area contributed by atoms with Crippen molar-refractivity contribution < 1.29 is 24.1 Å². The first-order valence-electron chi connectivity index (χ1n) is 15.0. The molecule has 1 unspecified atom stereocenters. The lowest BCUT2D eigenvalue weighted by Gasteiger charge is -2.63. The monoisotopic (exact) mass is 517 g/mol. The predicted molar refractivity (Wildman–Crippen MR) is 142 cm³/mol. The van der Waals surface area contributed by atoms with E-state index in [4.69, 9.17) is 14.2 Å². The van der Waals surface area contributed by atoms with Gasteiger partial charge in [-0.15, -0.1) is 0 Å². The number of carbonyl (C=O) groups is 1. The van der Waals surface area contributed by atoms with Gasteiger partial charge in [0.05, 0.1) is 24.4 Å². The van der Waals surface area contributed by atoms with E-state index >= 15 is 0 Å². The topological polar surface area (TPSA) is 68.2 Å². The van der Waals surface area contributed by atoms with Gasteiger partial charge >= 0.3 is 6.09 Å². The van der Waals surface area contributed by atoms with Crippen LogP contribution in [0.3, 0.4) is 0 Å². The second-order valence-corrected chi connectivity index (χ2v) is 15.3. The summed E-state index contributed by atoms with van der Waals surface area (Å²) in [4.78, 5) is 13.6. The number of rotatable bonds is 3. The van der Waals surface area contributed by atoms with Gasteiger partial charge in [0.25, 0.3) is 0 Å². The van der Waals surface area contributed by atoms with Gasteiger partial charge in [0.1, 0.15) is 6.61 Å². The number of aliphatic hydroxyl groups is 1. The largest absolute Gasteiger partial charge is 0.447 e. The summed E-state index contributed by atoms with van der Waals surface area (Å²) in [5.41, 5.74) is 1.03. The summed E-state index contributed by atoms with van der Waals surface area (Å²) in [7, 11) is 5.34. The fourth-order valence-corrected chi connectivity index (χ4v) is 12.1. The van der Waals surface area contributed by atoms with Gasteiger partial charge in [-0.25, -0.2) is 4.79 Å². The molecule has 0 radical (unpaired) electrons. The van der Waals surface area contributed by atoms with E-state index in [0.717, 1.165) is 12.8 Å². The molecule has 0 aromatic heterocycles. The van der Waals surface area contributed by atoms with Gasteiger partial charge in [0.15, 0.2) is 0 Å². The van der Waals surface area contributed by atoms with Crippen LogP contribution in [0.25, 0.3) is 0 Å². The van der Waals surface area contributed by atoms with Gasteiger partial charge in [0, 0.05) is 26.6 Å². The van der Waals surface area contributed by atoms with Crippen molar-refractivity contribution >= 4 is 6.09 Å². The molecule has 0 bridgehead atoms. The molecule has 6 nitrogen and oxygen atoms in total. The highest BCUT2D eigenvalue weighted by atomic mass is 16.6. The second-order valence-electron chi connectivity index (χ2n) is 15.3. The van der Waals surface area contributed by atoms with Gasteiger partial charge in [-0.3, -0.25) is 0 Å². The second kappa shape index (κ2) is 8.10. The Balaban J connectivity index is 1.32. The summed E-state index contributed by atoms with van der Waals surface area (Å²) in [6, 6.07) is 0. The maximum Gasteiger partial charge on any atom is 0.409 e. The van der Waals surface area contributed by atoms with Crippen molar-refractivity contribution in [1.82, 2.24) is 4.90 Å². The Labute approximate surface area is 224 Å². The lowest BCUT2D eigenvalue weighted by Crippen LogP contribution is -2.60. The molecule has 0 aromatic rings. The lowest BCUT2D eigenvalue weighted by atomic mass is 9.41. The van der Waals surface area contributed by atoms with Crippen LogP contribution in [0, 0.1) is 50.7 Å². The first-order chi connectivity index (χ1) is 17.3. The maximum atomic E-state index is 12.1. The number of methoxy groups -OCH3 is 1. The number of hydrogen-bond acceptors (Lipinski definition) is 5. The standard InChI is InChI=1S/C31H51NO5/c1-18-15-19(16-36-26(34)32(6)7)37-24-23(18)28(4)13-14-31-17-30(31)12-11-22(33)27(2,3)20(30)9-10-21(31)29(28,5)25(24)35-8/h18-25,33H,9-17H2,1-8H3/t18-,19-,20+,21+,22+,23?,24+,25+,28-,29-,30-,31+/m1/s1. The minimum absolute atomic E-state index is 0.00748. The molecule has 1 aliphatic heterocycles. The molecule has 6 heteroatoms. The van der Waals surface area contributed by atoms with E-state index in [1.807, 2.05) is 7.11 Å². The average molecular weight is 518 g/mol. The number of nitrogens with zero attached hydrogens (tertiary/aromatic N) is 1. The minimum atomic E-state index is -0.307. The van der Waals surface area contributed by atoms with E-state index in [1.54, 1.807) is 14.1 Å². The van der Waals surface area contributed by atoms with E-state index < -0.39 is 0 Å². The van der Waals surface area contributed by atoms with Crippen LogP contribution in [0.2, 0.25) is 0 Å². The molecule has 5 aliphatic carbocycles. The fraction of sp³-hybridized carbons (Fsp3) is 0.968. The number of hydrogen-bond donors (Lipinski definition) is 1. The number of fused-ring (bicyclic) bond motifs is 4. The maximum absolute atomic E-state index is 12.1. The summed E-state index contributed by atoms with van der Waals surface area (Å²) >= 11 is 0. The summed E-state index contributed by atoms with van der Waals surface area (Å²) in [6.45, 7) is 12.5. The molecule has 210 valence electrons. The molecule has 6 rings (SSSR count). The number of amides is 1. The van der Waals surface area contributed by atoms with E-state index in [2.05, 4.69) is 34.6 Å². The SMILES string of the molecule is CO[C@H]1[C@H]2O[C@@H](COC(=O)N(C)C)C[C@@H](C)C2[C@@]2(C)CC[C@@]34C[C@@]35CC[C@H](O)C(C)(C)[C@@H]5CC[C@H]4[C@]12C. The van der Waals surface area contributed by atoms with Crippen LogP contribution in [0.5, 0.6) is 0 Å². The molecule has 5 saturated carbocycles. The number of carbonyl (C=O) groups excluding carboxylic acids is 1. The third kappa shape index (κ3) is 3.07. The summed E-state index contributed by atoms with van der Waals surface area (Å²) in [5.74, 6) is 2.22. The van der Waals surface area contributed by atoms with Crippen LogP contribution in [0.1, 0.15) is 86.0 Å². The Bertz CT molecular complexity index is 952. The molecule has 12 atom stereocenters. The number of ether oxygens (including phenoxy) is 3. The molecule has 2 spiro atoms. The molecule has 1 saturated heterocycles. The summed E-state index contributed by atoms with van der Waals surface area (Å²) in [6.07, 6.45) is 9.00. The fourth-order valence-electron chi connectivity index (χ4n) is 12.1. The zero-order valence-corrected chi connectivity index (χ0v) is 24.5. The highest BCUT2D eigenvalue weighted by Crippen LogP contribution is 2.89. The average Bonchev–Trinajstić information content (AvgIpc) is 3.45. The molecular formula is C31H51NO5. The van der Waals surface area contributed by atoms with Crippen molar-refractivity contribution in [3.63, 3.8) is 0 Å². The van der Waals surface area contributed by atoms with Crippen LogP contribution < -0.4 is 0 Å². The molecule has 0 aromatic carbocycles. The smallest absolute Gasteiger partial charge is 0.409 e. The van der Waals surface area contributed by atoms with E-state index in [9.17, 15) is 9.90 Å². The van der Waals surface area contributed by atoms with E-state index in [-0.39, 0.29) is 46.8 Å². The normalized spacial score (nSPS) is 55.2. The van der Waals surface area contributed by atoms with Crippen LogP contribution >= 0.6 is 0 Å². The van der Waals surface area contributed by atoms with Crippen LogP contribution in [0.4, 0.5) is 4.79 Å². The van der Waals surface area contributed by atoms with Crippen molar-refractivity contribution in [2.45, 2.75) is 110 Å². The Morgan fingerprint density at radius 1 is 1.03 bits per heavy atom. The molecule has 1 heterocycles. The van der Waals surface area contributed by atoms with Gasteiger partial charge in [-0.1, -0.05) is 34.6 Å². The highest BCUT2D eigenvalue weighted by molar-refractivity contribution is 5.66. The molecule has 1 N–H and O–H groups in total. The van der Waals surface area contributed by atoms with Crippen molar-refractivity contribution in [2.24, 2.45) is 50.7 Å². The summed E-state index contributed by atoms with van der Waals surface area (Å²) in [5, 5.41) is 11.0. The van der Waals surface area contributed by atoms with Crippen LogP contribution in [0.15, 0.2) is 0 Å². The Kier molecular flexibility index (Phi) is 5.77. The van der Waals surface area contributed by atoms with Crippen molar-refractivity contribution in [3.8, 4) is 0 Å². The van der Waals surface area contributed by atoms with Crippen LogP contribution in [-0.4, -0.2) is 68.3 Å². The first-order valence-corrected chi connectivity index (χ1v) is 15.0. The Morgan fingerprint density at radius 3 is 2.38 bits per heavy atom. The minimum Gasteiger partial charge on any atom is -0.447 e. The van der Waals surface area contributed by atoms with Gasteiger partial charge in [0.2, 0.25) is 0 Å². The van der Waals surface area contributed by atoms with Gasteiger partial charge in [-0.2, -0.15) is 0 Å². The predicted octanol–water partition coefficient (Wildman–Crippen LogP) is 5.51. The zero-order chi connectivity index (χ0) is 26.8. The third-order valence-electron chi connectivity index (χ3n) is 13.8. The molecule has 6 aliphatic rings. The van der Waals surface area contributed by atoms with Gasteiger partial charge < -0.3 is 24.2 Å². The van der Waals surface area contributed by atoms with Crippen molar-refractivity contribution in [2.75, 3.05) is 27.8 Å². The number of aliphatic hydroxyl groups excluding tert-OH is 1. The Hall–Kier alpha value is -0.850. The molecule has 1 amide bonds. The quantitative estimate of drug-likeness (QED) is 0.534. The lowest BCUT2D eigenvalue weighted by molar-refractivity contribution is -0.188. The highest BCUT2D eigenvalue weighted by Gasteiger charge is 2.84. The molecule has 37 heavy (non-hydrogen) atoms. The van der Waals surface area contributed by atoms with Crippen molar-refractivity contribution in [3.05, 3.63) is 0 Å². The zero-order valence-electron chi connectivity index (χ0n) is 24.5. The Morgan fingerprint density at radius 2 is 1.70 bits per heavy atom. The van der Waals surface area contributed by atoms with Crippen molar-refractivity contribution in [1.29, 1.82) is 0 Å². The molecular weight excluding hydrogens is 466 g/mol. The summed E-state index contributed by atoms with van der Waals surface area (Å²) < 4.78 is 18.9. The third-order valence-corrected chi connectivity index (χ3v) is 13.8. The van der Waals surface area contributed by atoms with Crippen LogP contribution in [-0.2, 0) is 14.2 Å². The van der Waals surface area contributed by atoms with E-state index in [1.165, 1.54) is 43.4 Å².